The normalized spacial score (nSPS) is 13.6. The van der Waals surface area contributed by atoms with Crippen LogP contribution in [0.1, 0.15) is 27.6 Å². The molecule has 0 saturated heterocycles. The highest BCUT2D eigenvalue weighted by Crippen LogP contribution is 2.16. The van der Waals surface area contributed by atoms with Gasteiger partial charge in [-0.1, -0.05) is 44.0 Å². The van der Waals surface area contributed by atoms with Crippen LogP contribution in [-0.2, 0) is 9.47 Å². The Balaban J connectivity index is 2.52. The molecule has 2 unspecified atom stereocenters. The Labute approximate surface area is 135 Å². The quantitative estimate of drug-likeness (QED) is 0.395. The lowest BCUT2D eigenvalue weighted by atomic mass is 10.1. The topological polar surface area (TPSA) is 52.6 Å². The fourth-order valence-electron chi connectivity index (χ4n) is 1.45. The number of rotatable bonds is 7. The van der Waals surface area contributed by atoms with Crippen LogP contribution in [0, 0.1) is 0 Å². The van der Waals surface area contributed by atoms with E-state index in [4.69, 9.17) is 9.47 Å². The number of methoxy groups -OCH3 is 1. The summed E-state index contributed by atoms with van der Waals surface area (Å²) in [7, 11) is 1.61. The first-order valence-electron chi connectivity index (χ1n) is 6.01. The summed E-state index contributed by atoms with van der Waals surface area (Å²) in [4.78, 5) is 23.0. The molecule has 0 spiro atoms. The van der Waals surface area contributed by atoms with E-state index in [9.17, 15) is 9.59 Å². The lowest BCUT2D eigenvalue weighted by Crippen LogP contribution is -2.25. The molecule has 4 nitrogen and oxygen atoms in total. The van der Waals surface area contributed by atoms with Gasteiger partial charge in [0.15, 0.2) is 5.78 Å². The largest absolute Gasteiger partial charge is 0.461 e. The van der Waals surface area contributed by atoms with E-state index in [0.717, 1.165) is 0 Å². The van der Waals surface area contributed by atoms with Crippen LogP contribution in [0.2, 0.25) is 0 Å². The Morgan fingerprint density at radius 2 is 1.55 bits per heavy atom. The zero-order chi connectivity index (χ0) is 15.1. The predicted octanol–water partition coefficient (Wildman–Crippen LogP) is 3.22. The average molecular weight is 408 g/mol. The molecule has 0 bridgehead atoms. The number of hydrogen-bond donors (Lipinski definition) is 0. The van der Waals surface area contributed by atoms with Crippen LogP contribution < -0.4 is 0 Å². The fraction of sp³-hybridized carbons (Fsp3) is 0.429. The van der Waals surface area contributed by atoms with Gasteiger partial charge in [-0.2, -0.15) is 0 Å². The van der Waals surface area contributed by atoms with Gasteiger partial charge in [-0.05, 0) is 19.1 Å². The van der Waals surface area contributed by atoms with E-state index in [-0.39, 0.29) is 22.0 Å². The molecule has 0 aliphatic heterocycles. The predicted molar refractivity (Wildman–Crippen MR) is 84.0 cm³/mol. The summed E-state index contributed by atoms with van der Waals surface area (Å²) < 4.78 is 10.2. The third-order valence-corrected chi connectivity index (χ3v) is 5.13. The molecule has 20 heavy (non-hydrogen) atoms. The first-order chi connectivity index (χ1) is 9.45. The Morgan fingerprint density at radius 1 is 1.05 bits per heavy atom. The lowest BCUT2D eigenvalue weighted by molar-refractivity contribution is 0.0501. The molecule has 0 amide bonds. The van der Waals surface area contributed by atoms with Gasteiger partial charge in [0.1, 0.15) is 6.61 Å². The maximum absolute atomic E-state index is 11.8. The van der Waals surface area contributed by atoms with Crippen molar-refractivity contribution in [2.24, 2.45) is 0 Å². The standard InChI is InChI=1S/C14H16Br2O4/c1-9(17)10-3-5-11(6-4-10)14(18)20-8-13(16)12(15)7-19-2/h3-6,12-13H,7-8H2,1-2H3. The molecule has 0 radical (unpaired) electrons. The average Bonchev–Trinajstić information content (AvgIpc) is 2.44. The second-order valence-corrected chi connectivity index (χ2v) is 6.57. The number of alkyl halides is 2. The summed E-state index contributed by atoms with van der Waals surface area (Å²) in [6.07, 6.45) is 0. The molecule has 0 aromatic heterocycles. The number of carbonyl (C=O) groups is 2. The van der Waals surface area contributed by atoms with E-state index in [2.05, 4.69) is 31.9 Å². The molecule has 0 N–H and O–H groups in total. The lowest BCUT2D eigenvalue weighted by Gasteiger charge is -2.15. The molecular formula is C14H16Br2O4. The second kappa shape index (κ2) is 8.54. The van der Waals surface area contributed by atoms with Crippen molar-refractivity contribution in [3.63, 3.8) is 0 Å². The van der Waals surface area contributed by atoms with Gasteiger partial charge in [0.05, 0.1) is 21.8 Å². The van der Waals surface area contributed by atoms with Crippen molar-refractivity contribution >= 4 is 43.6 Å². The molecule has 2 atom stereocenters. The van der Waals surface area contributed by atoms with Gasteiger partial charge < -0.3 is 9.47 Å². The smallest absolute Gasteiger partial charge is 0.338 e. The highest BCUT2D eigenvalue weighted by Gasteiger charge is 2.18. The second-order valence-electron chi connectivity index (χ2n) is 4.22. The molecule has 110 valence electrons. The first kappa shape index (κ1) is 17.3. The minimum atomic E-state index is -0.415. The summed E-state index contributed by atoms with van der Waals surface area (Å²) in [5.41, 5.74) is 0.994. The molecule has 0 aliphatic rings. The van der Waals surface area contributed by atoms with Crippen LogP contribution in [-0.4, -0.2) is 41.7 Å². The van der Waals surface area contributed by atoms with Crippen molar-refractivity contribution in [3.05, 3.63) is 35.4 Å². The minimum Gasteiger partial charge on any atom is -0.461 e. The molecule has 0 heterocycles. The van der Waals surface area contributed by atoms with Crippen LogP contribution in [0.3, 0.4) is 0 Å². The fourth-order valence-corrected chi connectivity index (χ4v) is 2.15. The van der Waals surface area contributed by atoms with Crippen molar-refractivity contribution < 1.29 is 19.1 Å². The maximum atomic E-state index is 11.8. The van der Waals surface area contributed by atoms with Crippen LogP contribution in [0.15, 0.2) is 24.3 Å². The molecule has 0 saturated carbocycles. The highest BCUT2D eigenvalue weighted by atomic mass is 79.9. The van der Waals surface area contributed by atoms with Crippen molar-refractivity contribution in [2.45, 2.75) is 16.6 Å². The number of hydrogen-bond acceptors (Lipinski definition) is 4. The van der Waals surface area contributed by atoms with E-state index in [0.29, 0.717) is 17.7 Å². The first-order valence-corrected chi connectivity index (χ1v) is 7.84. The molecule has 6 heteroatoms. The third kappa shape index (κ3) is 5.34. The Morgan fingerprint density at radius 3 is 2.05 bits per heavy atom. The van der Waals surface area contributed by atoms with Gasteiger partial charge >= 0.3 is 5.97 Å². The van der Waals surface area contributed by atoms with Crippen molar-refractivity contribution in [3.8, 4) is 0 Å². The summed E-state index contributed by atoms with van der Waals surface area (Å²) >= 11 is 6.86. The van der Waals surface area contributed by atoms with Crippen molar-refractivity contribution in [1.29, 1.82) is 0 Å². The molecule has 1 rings (SSSR count). The van der Waals surface area contributed by atoms with E-state index in [1.54, 1.807) is 31.4 Å². The molecule has 1 aromatic rings. The molecule has 0 aliphatic carbocycles. The SMILES string of the molecule is COCC(Br)C(Br)COC(=O)c1ccc(C(C)=O)cc1. The molecular weight excluding hydrogens is 392 g/mol. The zero-order valence-corrected chi connectivity index (χ0v) is 14.4. The summed E-state index contributed by atoms with van der Waals surface area (Å²) in [6.45, 7) is 2.22. The van der Waals surface area contributed by atoms with E-state index >= 15 is 0 Å². The van der Waals surface area contributed by atoms with Gasteiger partial charge in [-0.3, -0.25) is 4.79 Å². The number of halogens is 2. The number of carbonyl (C=O) groups excluding carboxylic acids is 2. The Kier molecular flexibility index (Phi) is 7.40. The van der Waals surface area contributed by atoms with Crippen LogP contribution in [0.4, 0.5) is 0 Å². The number of Topliss-reactive ketones (excluding diaryl/α,β-unsaturated/α-hetero) is 1. The molecule has 0 fully saturated rings. The van der Waals surface area contributed by atoms with Gasteiger partial charge in [0.2, 0.25) is 0 Å². The van der Waals surface area contributed by atoms with Crippen LogP contribution >= 0.6 is 31.9 Å². The third-order valence-electron chi connectivity index (χ3n) is 2.62. The summed E-state index contributed by atoms with van der Waals surface area (Å²) in [5.74, 6) is -0.450. The minimum absolute atomic E-state index is 0.0351. The molecule has 1 aromatic carbocycles. The number of ketones is 1. The number of ether oxygens (including phenoxy) is 2. The van der Waals surface area contributed by atoms with Crippen LogP contribution in [0.5, 0.6) is 0 Å². The monoisotopic (exact) mass is 406 g/mol. The maximum Gasteiger partial charge on any atom is 0.338 e. The highest BCUT2D eigenvalue weighted by molar-refractivity contribution is 9.12. The van der Waals surface area contributed by atoms with E-state index in [1.165, 1.54) is 6.92 Å². The van der Waals surface area contributed by atoms with Gasteiger partial charge in [-0.15, -0.1) is 0 Å². The van der Waals surface area contributed by atoms with Crippen LogP contribution in [0.25, 0.3) is 0 Å². The van der Waals surface area contributed by atoms with Gasteiger partial charge in [-0.25, -0.2) is 4.79 Å². The number of esters is 1. The van der Waals surface area contributed by atoms with E-state index in [1.807, 2.05) is 0 Å². The van der Waals surface area contributed by atoms with Gasteiger partial charge in [0.25, 0.3) is 0 Å². The van der Waals surface area contributed by atoms with Crippen molar-refractivity contribution in [2.75, 3.05) is 20.3 Å². The Hall–Kier alpha value is -0.720. The summed E-state index contributed by atoms with van der Waals surface area (Å²) in [5, 5.41) is 0. The Bertz CT molecular complexity index is 459. The van der Waals surface area contributed by atoms with Gasteiger partial charge in [0, 0.05) is 12.7 Å². The van der Waals surface area contributed by atoms with Crippen molar-refractivity contribution in [1.82, 2.24) is 0 Å². The van der Waals surface area contributed by atoms with E-state index < -0.39 is 5.97 Å². The number of benzene rings is 1. The zero-order valence-electron chi connectivity index (χ0n) is 11.3. The summed E-state index contributed by atoms with van der Waals surface area (Å²) in [6, 6.07) is 6.40.